The number of carboxylic acid groups (broad SMARTS) is 1. The second-order valence-electron chi connectivity index (χ2n) is 5.42. The number of H-pyrrole nitrogens is 1. The van der Waals surface area contributed by atoms with Crippen molar-refractivity contribution in [2.45, 2.75) is 18.8 Å². The smallest absolute Gasteiger partial charge is 0.356 e. The number of primary amides is 1. The third-order valence-electron chi connectivity index (χ3n) is 3.89. The molecule has 23 heavy (non-hydrogen) atoms. The Morgan fingerprint density at radius 2 is 2.13 bits per heavy atom. The van der Waals surface area contributed by atoms with Crippen molar-refractivity contribution in [3.05, 3.63) is 35.5 Å². The van der Waals surface area contributed by atoms with E-state index in [0.29, 0.717) is 12.4 Å². The van der Waals surface area contributed by atoms with Crippen LogP contribution in [0, 0.1) is 0 Å². The molecule has 2 aromatic rings. The molecule has 1 aliphatic heterocycles. The van der Waals surface area contributed by atoms with Crippen molar-refractivity contribution in [1.29, 1.82) is 0 Å². The van der Waals surface area contributed by atoms with E-state index in [0.717, 1.165) is 25.1 Å². The molecule has 0 aliphatic carbocycles. The number of amides is 1. The lowest BCUT2D eigenvalue weighted by molar-refractivity contribution is 0.0689. The van der Waals surface area contributed by atoms with E-state index in [2.05, 4.69) is 20.2 Å². The third kappa shape index (κ3) is 3.12. The molecular formula is C14H16N6O3. The van der Waals surface area contributed by atoms with Gasteiger partial charge in [-0.25, -0.2) is 14.8 Å². The average molecular weight is 316 g/mol. The summed E-state index contributed by atoms with van der Waals surface area (Å²) in [6, 6.07) is 1.68. The zero-order chi connectivity index (χ0) is 16.4. The number of hydrogen-bond donors (Lipinski definition) is 3. The Kier molecular flexibility index (Phi) is 3.92. The van der Waals surface area contributed by atoms with Gasteiger partial charge in [-0.2, -0.15) is 5.10 Å². The minimum Gasteiger partial charge on any atom is -0.476 e. The summed E-state index contributed by atoms with van der Waals surface area (Å²) in [7, 11) is 0. The molecule has 9 nitrogen and oxygen atoms in total. The summed E-state index contributed by atoms with van der Waals surface area (Å²) in [6.07, 6.45) is 4.62. The number of carboxylic acids is 1. The van der Waals surface area contributed by atoms with Gasteiger partial charge in [0.05, 0.1) is 12.4 Å². The van der Waals surface area contributed by atoms with Gasteiger partial charge in [0.25, 0.3) is 5.91 Å². The maximum absolute atomic E-state index is 11.1. The quantitative estimate of drug-likeness (QED) is 0.741. The Bertz CT molecular complexity index is 726. The van der Waals surface area contributed by atoms with E-state index in [1.807, 2.05) is 4.90 Å². The standard InChI is InChI=1S/C14H16N6O3/c15-13(21)10-4-9(18-19-10)8-2-1-3-20(7-8)12-6-16-11(5-17-12)14(22)23/h4-6,8H,1-3,7H2,(H2,15,21)(H,18,19)(H,22,23). The van der Waals surface area contributed by atoms with Crippen LogP contribution in [0.3, 0.4) is 0 Å². The molecule has 1 saturated heterocycles. The maximum atomic E-state index is 11.1. The Hall–Kier alpha value is -2.97. The number of nitrogens with one attached hydrogen (secondary N) is 1. The lowest BCUT2D eigenvalue weighted by atomic mass is 9.94. The van der Waals surface area contributed by atoms with Gasteiger partial charge in [0.2, 0.25) is 0 Å². The second kappa shape index (κ2) is 6.03. The van der Waals surface area contributed by atoms with E-state index < -0.39 is 11.9 Å². The monoisotopic (exact) mass is 316 g/mol. The molecule has 0 bridgehead atoms. The normalized spacial score (nSPS) is 17.9. The molecule has 120 valence electrons. The van der Waals surface area contributed by atoms with Gasteiger partial charge in [0.1, 0.15) is 11.5 Å². The summed E-state index contributed by atoms with van der Waals surface area (Å²) >= 11 is 0. The molecule has 1 amide bonds. The van der Waals surface area contributed by atoms with Crippen LogP contribution in [0.1, 0.15) is 45.4 Å². The third-order valence-corrected chi connectivity index (χ3v) is 3.89. The van der Waals surface area contributed by atoms with E-state index in [4.69, 9.17) is 10.8 Å². The first-order valence-corrected chi connectivity index (χ1v) is 7.20. The number of anilines is 1. The lowest BCUT2D eigenvalue weighted by Gasteiger charge is -2.32. The first kappa shape index (κ1) is 14.9. The molecular weight excluding hydrogens is 300 g/mol. The molecule has 1 aliphatic rings. The first-order valence-electron chi connectivity index (χ1n) is 7.20. The Balaban J connectivity index is 1.74. The number of aromatic amines is 1. The highest BCUT2D eigenvalue weighted by atomic mass is 16.4. The summed E-state index contributed by atoms with van der Waals surface area (Å²) in [6.45, 7) is 1.50. The molecule has 0 radical (unpaired) electrons. The van der Waals surface area contributed by atoms with Crippen molar-refractivity contribution in [2.75, 3.05) is 18.0 Å². The van der Waals surface area contributed by atoms with Crippen LogP contribution in [-0.4, -0.2) is 50.2 Å². The van der Waals surface area contributed by atoms with E-state index in [1.54, 1.807) is 6.07 Å². The molecule has 1 fully saturated rings. The molecule has 1 unspecified atom stereocenters. The fraction of sp³-hybridized carbons (Fsp3) is 0.357. The molecule has 0 spiro atoms. The predicted octanol–water partition coefficient (Wildman–Crippen LogP) is 0.381. The molecule has 3 rings (SSSR count). The second-order valence-corrected chi connectivity index (χ2v) is 5.42. The van der Waals surface area contributed by atoms with E-state index >= 15 is 0 Å². The Morgan fingerprint density at radius 1 is 1.30 bits per heavy atom. The van der Waals surface area contributed by atoms with Crippen molar-refractivity contribution in [3.63, 3.8) is 0 Å². The van der Waals surface area contributed by atoms with Crippen molar-refractivity contribution >= 4 is 17.7 Å². The number of piperidine rings is 1. The fourth-order valence-electron chi connectivity index (χ4n) is 2.71. The van der Waals surface area contributed by atoms with E-state index in [-0.39, 0.29) is 17.3 Å². The molecule has 1 atom stereocenters. The van der Waals surface area contributed by atoms with Crippen molar-refractivity contribution in [2.24, 2.45) is 5.73 Å². The molecule has 3 heterocycles. The largest absolute Gasteiger partial charge is 0.476 e. The van der Waals surface area contributed by atoms with Crippen molar-refractivity contribution in [1.82, 2.24) is 20.2 Å². The zero-order valence-electron chi connectivity index (χ0n) is 12.3. The molecule has 0 aromatic carbocycles. The molecule has 0 saturated carbocycles. The van der Waals surface area contributed by atoms with Crippen LogP contribution in [0.5, 0.6) is 0 Å². The van der Waals surface area contributed by atoms with Gasteiger partial charge < -0.3 is 15.7 Å². The zero-order valence-corrected chi connectivity index (χ0v) is 12.3. The number of nitrogens with two attached hydrogens (primary N) is 1. The number of nitrogens with zero attached hydrogens (tertiary/aromatic N) is 4. The summed E-state index contributed by atoms with van der Waals surface area (Å²) in [5.74, 6) is -0.855. The fourth-order valence-corrected chi connectivity index (χ4v) is 2.71. The maximum Gasteiger partial charge on any atom is 0.356 e. The van der Waals surface area contributed by atoms with Gasteiger partial charge in [-0.1, -0.05) is 0 Å². The van der Waals surface area contributed by atoms with Gasteiger partial charge in [0, 0.05) is 24.7 Å². The highest BCUT2D eigenvalue weighted by molar-refractivity contribution is 5.90. The predicted molar refractivity (Wildman–Crippen MR) is 80.3 cm³/mol. The van der Waals surface area contributed by atoms with Crippen LogP contribution in [0.25, 0.3) is 0 Å². The molecule has 4 N–H and O–H groups in total. The van der Waals surface area contributed by atoms with E-state index in [1.165, 1.54) is 12.4 Å². The van der Waals surface area contributed by atoms with Crippen LogP contribution in [0.4, 0.5) is 5.82 Å². The number of hydrogen-bond acceptors (Lipinski definition) is 6. The van der Waals surface area contributed by atoms with E-state index in [9.17, 15) is 9.59 Å². The summed E-state index contributed by atoms with van der Waals surface area (Å²) < 4.78 is 0. The van der Waals surface area contributed by atoms with Crippen LogP contribution in [0.2, 0.25) is 0 Å². The highest BCUT2D eigenvalue weighted by Gasteiger charge is 2.24. The summed E-state index contributed by atoms with van der Waals surface area (Å²) in [5, 5.41) is 15.6. The van der Waals surface area contributed by atoms with Gasteiger partial charge in [-0.3, -0.25) is 9.89 Å². The number of aromatic carboxylic acids is 1. The Morgan fingerprint density at radius 3 is 2.74 bits per heavy atom. The van der Waals surface area contributed by atoms with Crippen LogP contribution < -0.4 is 10.6 Å². The van der Waals surface area contributed by atoms with Crippen LogP contribution in [0.15, 0.2) is 18.5 Å². The van der Waals surface area contributed by atoms with Crippen LogP contribution in [-0.2, 0) is 0 Å². The number of carbonyl (C=O) groups is 2. The minimum atomic E-state index is -1.10. The topological polar surface area (TPSA) is 138 Å². The first-order chi connectivity index (χ1) is 11.0. The highest BCUT2D eigenvalue weighted by Crippen LogP contribution is 2.28. The number of rotatable bonds is 4. The van der Waals surface area contributed by atoms with Crippen molar-refractivity contribution < 1.29 is 14.7 Å². The molecule has 2 aromatic heterocycles. The van der Waals surface area contributed by atoms with Gasteiger partial charge >= 0.3 is 5.97 Å². The van der Waals surface area contributed by atoms with Crippen LogP contribution >= 0.6 is 0 Å². The number of carbonyl (C=O) groups excluding carboxylic acids is 1. The summed E-state index contributed by atoms with van der Waals surface area (Å²) in [4.78, 5) is 32.1. The number of aromatic nitrogens is 4. The lowest BCUT2D eigenvalue weighted by Crippen LogP contribution is -2.35. The van der Waals surface area contributed by atoms with Gasteiger partial charge in [0.15, 0.2) is 5.69 Å². The Labute approximate surface area is 131 Å². The SMILES string of the molecule is NC(=O)c1cc(C2CCCN(c3cnc(C(=O)O)cn3)C2)[nH]n1. The van der Waals surface area contributed by atoms with Gasteiger partial charge in [-0.15, -0.1) is 0 Å². The minimum absolute atomic E-state index is 0.0815. The molecule has 9 heteroatoms. The average Bonchev–Trinajstić information content (AvgIpc) is 3.05. The van der Waals surface area contributed by atoms with Gasteiger partial charge in [-0.05, 0) is 18.9 Å². The van der Waals surface area contributed by atoms with Crippen molar-refractivity contribution in [3.8, 4) is 0 Å². The summed E-state index contributed by atoms with van der Waals surface area (Å²) in [5.41, 5.74) is 6.22.